The molecule has 0 bridgehead atoms. The molecule has 1 aliphatic heterocycles. The van der Waals surface area contributed by atoms with Crippen LogP contribution in [0.1, 0.15) is 12.1 Å². The third kappa shape index (κ3) is 5.20. The molecule has 2 rings (SSSR count). The van der Waals surface area contributed by atoms with E-state index in [0.717, 1.165) is 18.7 Å². The summed E-state index contributed by atoms with van der Waals surface area (Å²) in [5, 5.41) is 2.52. The quantitative estimate of drug-likeness (QED) is 0.824. The van der Waals surface area contributed by atoms with Crippen LogP contribution in [0, 0.1) is 0 Å². The predicted molar refractivity (Wildman–Crippen MR) is 76.6 cm³/mol. The van der Waals surface area contributed by atoms with E-state index in [9.17, 15) is 22.8 Å². The third-order valence-electron chi connectivity index (χ3n) is 3.55. The second kappa shape index (κ2) is 7.40. The number of rotatable bonds is 5. The molecule has 1 aliphatic rings. The molecule has 0 aliphatic carbocycles. The number of nitrogens with zero attached hydrogens (tertiary/aromatic N) is 3. The average molecular weight is 330 g/mol. The molecule has 1 fully saturated rings. The van der Waals surface area contributed by atoms with Crippen LogP contribution in [0.5, 0.6) is 0 Å². The van der Waals surface area contributed by atoms with E-state index < -0.39 is 11.9 Å². The van der Waals surface area contributed by atoms with Gasteiger partial charge in [0.2, 0.25) is 12.3 Å². The number of alkyl halides is 3. The molecule has 126 valence electrons. The Bertz CT molecular complexity index is 540. The number of hydrogen-bond acceptors (Lipinski definition) is 4. The zero-order valence-electron chi connectivity index (χ0n) is 12.3. The molecule has 0 radical (unpaired) electrons. The number of amides is 2. The first kappa shape index (κ1) is 17.2. The minimum absolute atomic E-state index is 0.224. The Kier molecular flexibility index (Phi) is 5.54. The number of nitrogens with one attached hydrogen (secondary N) is 1. The largest absolute Gasteiger partial charge is 0.433 e. The number of pyridine rings is 1. The normalized spacial score (nSPS) is 16.2. The van der Waals surface area contributed by atoms with Crippen molar-refractivity contribution >= 4 is 18.0 Å². The highest BCUT2D eigenvalue weighted by Crippen LogP contribution is 2.27. The standard InChI is InChI=1S/C14H17F3N4O2/c15-14(16,17)12-2-1-11(9-18-12)19-13(23)3-4-20-5-7-21(10-22)8-6-20/h1-2,9-10H,3-8H2,(H,19,23). The molecule has 9 heteroatoms. The highest BCUT2D eigenvalue weighted by Gasteiger charge is 2.32. The zero-order valence-corrected chi connectivity index (χ0v) is 12.3. The second-order valence-corrected chi connectivity index (χ2v) is 5.21. The lowest BCUT2D eigenvalue weighted by Crippen LogP contribution is -2.46. The van der Waals surface area contributed by atoms with E-state index in [1.54, 1.807) is 4.90 Å². The van der Waals surface area contributed by atoms with Crippen LogP contribution in [0.3, 0.4) is 0 Å². The van der Waals surface area contributed by atoms with Gasteiger partial charge < -0.3 is 10.2 Å². The van der Waals surface area contributed by atoms with Crippen LogP contribution < -0.4 is 5.32 Å². The molecule has 1 saturated heterocycles. The molecule has 1 aromatic rings. The molecule has 0 spiro atoms. The summed E-state index contributed by atoms with van der Waals surface area (Å²) in [7, 11) is 0. The van der Waals surface area contributed by atoms with E-state index >= 15 is 0 Å². The second-order valence-electron chi connectivity index (χ2n) is 5.21. The summed E-state index contributed by atoms with van der Waals surface area (Å²) in [5.41, 5.74) is -0.766. The van der Waals surface area contributed by atoms with Crippen LogP contribution in [0.4, 0.5) is 18.9 Å². The minimum atomic E-state index is -4.49. The highest BCUT2D eigenvalue weighted by atomic mass is 19.4. The van der Waals surface area contributed by atoms with Crippen molar-refractivity contribution in [3.05, 3.63) is 24.0 Å². The number of piperazine rings is 1. The Morgan fingerprint density at radius 2 is 1.96 bits per heavy atom. The van der Waals surface area contributed by atoms with E-state index in [1.807, 2.05) is 0 Å². The summed E-state index contributed by atoms with van der Waals surface area (Å²) < 4.78 is 37.1. The summed E-state index contributed by atoms with van der Waals surface area (Å²) in [4.78, 5) is 29.4. The van der Waals surface area contributed by atoms with Gasteiger partial charge in [-0.15, -0.1) is 0 Å². The monoisotopic (exact) mass is 330 g/mol. The summed E-state index contributed by atoms with van der Waals surface area (Å²) in [6.07, 6.45) is -2.47. The topological polar surface area (TPSA) is 65.5 Å². The minimum Gasteiger partial charge on any atom is -0.343 e. The molecule has 2 heterocycles. The Morgan fingerprint density at radius 3 is 2.48 bits per heavy atom. The fourth-order valence-corrected chi connectivity index (χ4v) is 2.21. The maximum absolute atomic E-state index is 12.4. The molecule has 0 saturated carbocycles. The molecular weight excluding hydrogens is 313 g/mol. The first-order valence-corrected chi connectivity index (χ1v) is 7.13. The van der Waals surface area contributed by atoms with Crippen molar-refractivity contribution in [1.29, 1.82) is 0 Å². The third-order valence-corrected chi connectivity index (χ3v) is 3.55. The maximum atomic E-state index is 12.4. The van der Waals surface area contributed by atoms with Gasteiger partial charge in [-0.05, 0) is 12.1 Å². The van der Waals surface area contributed by atoms with Crippen molar-refractivity contribution < 1.29 is 22.8 Å². The average Bonchev–Trinajstić information content (AvgIpc) is 2.53. The van der Waals surface area contributed by atoms with E-state index in [2.05, 4.69) is 15.2 Å². The molecule has 2 amide bonds. The van der Waals surface area contributed by atoms with Crippen molar-refractivity contribution in [2.45, 2.75) is 12.6 Å². The van der Waals surface area contributed by atoms with Gasteiger partial charge in [0.25, 0.3) is 0 Å². The summed E-state index contributed by atoms with van der Waals surface area (Å²) in [5.74, 6) is -0.288. The van der Waals surface area contributed by atoms with Crippen molar-refractivity contribution in [3.8, 4) is 0 Å². The van der Waals surface area contributed by atoms with E-state index in [-0.39, 0.29) is 18.0 Å². The van der Waals surface area contributed by atoms with Gasteiger partial charge in [-0.2, -0.15) is 13.2 Å². The first-order chi connectivity index (χ1) is 10.9. The highest BCUT2D eigenvalue weighted by molar-refractivity contribution is 5.90. The van der Waals surface area contributed by atoms with Crippen LogP contribution in [-0.2, 0) is 15.8 Å². The Hall–Kier alpha value is -2.16. The SMILES string of the molecule is O=CN1CCN(CCC(=O)Nc2ccc(C(F)(F)F)nc2)CC1. The number of anilines is 1. The predicted octanol–water partition coefficient (Wildman–Crippen LogP) is 1.20. The Balaban J connectivity index is 1.76. The van der Waals surface area contributed by atoms with Gasteiger partial charge in [0.05, 0.1) is 11.9 Å². The Labute approximate surface area is 131 Å². The molecule has 1 N–H and O–H groups in total. The number of carbonyl (C=O) groups excluding carboxylic acids is 2. The first-order valence-electron chi connectivity index (χ1n) is 7.13. The summed E-state index contributed by atoms with van der Waals surface area (Å²) >= 11 is 0. The van der Waals surface area contributed by atoms with Gasteiger partial charge in [-0.1, -0.05) is 0 Å². The Morgan fingerprint density at radius 1 is 1.26 bits per heavy atom. The zero-order chi connectivity index (χ0) is 16.9. The van der Waals surface area contributed by atoms with Crippen LogP contribution in [0.15, 0.2) is 18.3 Å². The number of carbonyl (C=O) groups is 2. The lowest BCUT2D eigenvalue weighted by molar-refractivity contribution is -0.141. The molecule has 0 unspecified atom stereocenters. The molecule has 0 atom stereocenters. The maximum Gasteiger partial charge on any atom is 0.433 e. The van der Waals surface area contributed by atoms with Crippen LogP contribution in [0.2, 0.25) is 0 Å². The fraction of sp³-hybridized carbons (Fsp3) is 0.500. The van der Waals surface area contributed by atoms with Gasteiger partial charge in [0.1, 0.15) is 5.69 Å². The molecular formula is C14H17F3N4O2. The number of aromatic nitrogens is 1. The van der Waals surface area contributed by atoms with E-state index in [1.165, 1.54) is 6.07 Å². The van der Waals surface area contributed by atoms with Gasteiger partial charge in [-0.25, -0.2) is 4.98 Å². The van der Waals surface area contributed by atoms with Crippen molar-refractivity contribution in [2.24, 2.45) is 0 Å². The van der Waals surface area contributed by atoms with Crippen molar-refractivity contribution in [1.82, 2.24) is 14.8 Å². The van der Waals surface area contributed by atoms with Crippen LogP contribution in [0.25, 0.3) is 0 Å². The summed E-state index contributed by atoms with van der Waals surface area (Å²) in [6, 6.07) is 2.00. The van der Waals surface area contributed by atoms with Crippen molar-refractivity contribution in [3.63, 3.8) is 0 Å². The molecule has 1 aromatic heterocycles. The van der Waals surface area contributed by atoms with Crippen molar-refractivity contribution in [2.75, 3.05) is 38.0 Å². The van der Waals surface area contributed by atoms with E-state index in [0.29, 0.717) is 32.7 Å². The van der Waals surface area contributed by atoms with Gasteiger partial charge in [0, 0.05) is 39.1 Å². The van der Waals surface area contributed by atoms with Crippen LogP contribution in [-0.4, -0.2) is 59.8 Å². The van der Waals surface area contributed by atoms with E-state index in [4.69, 9.17) is 0 Å². The number of halogens is 3. The molecule has 6 nitrogen and oxygen atoms in total. The summed E-state index contributed by atoms with van der Waals surface area (Å²) in [6.45, 7) is 3.20. The van der Waals surface area contributed by atoms with Gasteiger partial charge in [0.15, 0.2) is 0 Å². The van der Waals surface area contributed by atoms with Gasteiger partial charge in [-0.3, -0.25) is 14.5 Å². The smallest absolute Gasteiger partial charge is 0.343 e. The fourth-order valence-electron chi connectivity index (χ4n) is 2.21. The van der Waals surface area contributed by atoms with Crippen LogP contribution >= 0.6 is 0 Å². The molecule has 23 heavy (non-hydrogen) atoms. The number of hydrogen-bond donors (Lipinski definition) is 1. The lowest BCUT2D eigenvalue weighted by atomic mass is 10.3. The molecule has 0 aromatic carbocycles. The lowest BCUT2D eigenvalue weighted by Gasteiger charge is -2.32. The van der Waals surface area contributed by atoms with Gasteiger partial charge >= 0.3 is 6.18 Å².